The number of amides is 1. The lowest BCUT2D eigenvalue weighted by atomic mass is 10.0. The largest absolute Gasteiger partial charge is 0.455 e. The van der Waals surface area contributed by atoms with Gasteiger partial charge >= 0.3 is 0 Å². The van der Waals surface area contributed by atoms with Gasteiger partial charge in [-0.15, -0.1) is 0 Å². The minimum atomic E-state index is -0.00670. The highest BCUT2D eigenvalue weighted by atomic mass is 35.5. The zero-order chi connectivity index (χ0) is 15.0. The van der Waals surface area contributed by atoms with E-state index in [1.54, 1.807) is 24.3 Å². The van der Waals surface area contributed by atoms with Crippen LogP contribution in [-0.2, 0) is 11.2 Å². The molecule has 0 aliphatic carbocycles. The van der Waals surface area contributed by atoms with Gasteiger partial charge in [0.05, 0.1) is 15.7 Å². The van der Waals surface area contributed by atoms with E-state index < -0.39 is 0 Å². The predicted octanol–water partition coefficient (Wildman–Crippen LogP) is 4.25. The van der Waals surface area contributed by atoms with E-state index in [1.165, 1.54) is 0 Å². The van der Waals surface area contributed by atoms with E-state index in [2.05, 4.69) is 5.32 Å². The molecule has 0 saturated heterocycles. The summed E-state index contributed by atoms with van der Waals surface area (Å²) in [6.07, 6.45) is 1.15. The van der Waals surface area contributed by atoms with Crippen molar-refractivity contribution in [2.45, 2.75) is 12.8 Å². The summed E-state index contributed by atoms with van der Waals surface area (Å²) >= 11 is 11.8. The Morgan fingerprint density at radius 3 is 2.67 bits per heavy atom. The minimum absolute atomic E-state index is 0.00670. The molecule has 0 radical (unpaired) electrons. The molecule has 4 nitrogen and oxygen atoms in total. The number of hydrogen-bond acceptors (Lipinski definition) is 3. The Balaban J connectivity index is 1.93. The Kier molecular flexibility index (Phi) is 3.66. The number of halogens is 2. The van der Waals surface area contributed by atoms with Crippen LogP contribution >= 0.6 is 23.2 Å². The number of ether oxygens (including phenoxy) is 1. The van der Waals surface area contributed by atoms with Crippen molar-refractivity contribution in [1.82, 2.24) is 0 Å². The summed E-state index contributed by atoms with van der Waals surface area (Å²) in [6, 6.07) is 8.51. The third-order valence-electron chi connectivity index (χ3n) is 3.25. The van der Waals surface area contributed by atoms with Crippen molar-refractivity contribution in [3.63, 3.8) is 0 Å². The van der Waals surface area contributed by atoms with Gasteiger partial charge in [0.2, 0.25) is 5.91 Å². The lowest BCUT2D eigenvalue weighted by molar-refractivity contribution is -0.116. The van der Waals surface area contributed by atoms with Gasteiger partial charge < -0.3 is 15.8 Å². The van der Waals surface area contributed by atoms with E-state index in [-0.39, 0.29) is 5.91 Å². The molecule has 0 bridgehead atoms. The van der Waals surface area contributed by atoms with Gasteiger partial charge in [-0.3, -0.25) is 4.79 Å². The monoisotopic (exact) mass is 322 g/mol. The van der Waals surface area contributed by atoms with Crippen LogP contribution in [0.3, 0.4) is 0 Å². The number of nitrogens with one attached hydrogen (secondary N) is 1. The van der Waals surface area contributed by atoms with Gasteiger partial charge in [-0.1, -0.05) is 23.2 Å². The average Bonchev–Trinajstić information content (AvgIpc) is 2.44. The summed E-state index contributed by atoms with van der Waals surface area (Å²) in [5, 5.41) is 3.67. The maximum absolute atomic E-state index is 11.4. The molecule has 1 heterocycles. The van der Waals surface area contributed by atoms with Crippen molar-refractivity contribution in [3.8, 4) is 11.5 Å². The number of fused-ring (bicyclic) bond motifs is 1. The predicted molar refractivity (Wildman–Crippen MR) is 84.3 cm³/mol. The number of anilines is 2. The minimum Gasteiger partial charge on any atom is -0.455 e. The summed E-state index contributed by atoms with van der Waals surface area (Å²) in [7, 11) is 0. The normalized spacial score (nSPS) is 13.5. The van der Waals surface area contributed by atoms with Crippen molar-refractivity contribution in [2.75, 3.05) is 11.1 Å². The molecule has 1 amide bonds. The first-order chi connectivity index (χ1) is 10.0. The molecule has 0 fully saturated rings. The third kappa shape index (κ3) is 2.91. The Morgan fingerprint density at radius 1 is 1.10 bits per heavy atom. The van der Waals surface area contributed by atoms with Crippen LogP contribution in [0.25, 0.3) is 0 Å². The molecule has 0 saturated carbocycles. The number of nitrogens with two attached hydrogens (primary N) is 1. The molecule has 2 aromatic rings. The molecule has 3 rings (SSSR count). The Labute approximate surface area is 131 Å². The van der Waals surface area contributed by atoms with Gasteiger partial charge in [0.15, 0.2) is 5.75 Å². The number of carbonyl (C=O) groups excluding carboxylic acids is 1. The fraction of sp³-hybridized carbons (Fsp3) is 0.133. The van der Waals surface area contributed by atoms with E-state index in [0.717, 1.165) is 11.3 Å². The molecular weight excluding hydrogens is 311 g/mol. The van der Waals surface area contributed by atoms with E-state index >= 15 is 0 Å². The first kappa shape index (κ1) is 14.0. The van der Waals surface area contributed by atoms with Gasteiger partial charge in [0.25, 0.3) is 0 Å². The maximum Gasteiger partial charge on any atom is 0.224 e. The highest BCUT2D eigenvalue weighted by Gasteiger charge is 2.17. The van der Waals surface area contributed by atoms with Crippen molar-refractivity contribution in [2.24, 2.45) is 0 Å². The SMILES string of the molecule is Nc1cc2c(cc1Oc1ccc(Cl)c(Cl)c1)NC(=O)CC2. The van der Waals surface area contributed by atoms with Crippen molar-refractivity contribution in [3.05, 3.63) is 45.9 Å². The molecule has 0 atom stereocenters. The number of aryl methyl sites for hydroxylation is 1. The Morgan fingerprint density at radius 2 is 1.90 bits per heavy atom. The lowest BCUT2D eigenvalue weighted by Gasteiger charge is -2.19. The van der Waals surface area contributed by atoms with E-state index in [0.29, 0.717) is 40.1 Å². The molecule has 0 unspecified atom stereocenters. The first-order valence-electron chi connectivity index (χ1n) is 6.38. The molecule has 0 aromatic heterocycles. The standard InChI is InChI=1S/C15H12Cl2N2O2/c16-10-3-2-9(6-11(10)17)21-14-7-13-8(5-12(14)18)1-4-15(20)19-13/h2-3,5-7H,1,4,18H2,(H,19,20). The quantitative estimate of drug-likeness (QED) is 0.812. The molecule has 1 aliphatic heterocycles. The molecule has 2 aromatic carbocycles. The van der Waals surface area contributed by atoms with Crippen LogP contribution in [0.5, 0.6) is 11.5 Å². The second-order valence-corrected chi connectivity index (χ2v) is 5.59. The van der Waals surface area contributed by atoms with Gasteiger partial charge in [-0.2, -0.15) is 0 Å². The molecule has 6 heteroatoms. The summed E-state index contributed by atoms with van der Waals surface area (Å²) < 4.78 is 5.73. The highest BCUT2D eigenvalue weighted by molar-refractivity contribution is 6.42. The lowest BCUT2D eigenvalue weighted by Crippen LogP contribution is -2.19. The van der Waals surface area contributed by atoms with E-state index in [1.807, 2.05) is 6.07 Å². The van der Waals surface area contributed by atoms with Gasteiger partial charge in [-0.25, -0.2) is 0 Å². The van der Waals surface area contributed by atoms with Gasteiger partial charge in [0.1, 0.15) is 5.75 Å². The van der Waals surface area contributed by atoms with Crippen molar-refractivity contribution >= 4 is 40.5 Å². The van der Waals surface area contributed by atoms with Crippen LogP contribution < -0.4 is 15.8 Å². The third-order valence-corrected chi connectivity index (χ3v) is 3.99. The smallest absolute Gasteiger partial charge is 0.224 e. The van der Waals surface area contributed by atoms with Crippen LogP contribution in [0.15, 0.2) is 30.3 Å². The van der Waals surface area contributed by atoms with Crippen LogP contribution in [0.2, 0.25) is 10.0 Å². The van der Waals surface area contributed by atoms with Crippen LogP contribution in [-0.4, -0.2) is 5.91 Å². The zero-order valence-corrected chi connectivity index (χ0v) is 12.5. The number of benzene rings is 2. The summed E-state index contributed by atoms with van der Waals surface area (Å²) in [5.41, 5.74) is 8.25. The molecule has 21 heavy (non-hydrogen) atoms. The second-order valence-electron chi connectivity index (χ2n) is 4.77. The number of rotatable bonds is 2. The maximum atomic E-state index is 11.4. The number of carbonyl (C=O) groups is 1. The zero-order valence-electron chi connectivity index (χ0n) is 11.0. The molecular formula is C15H12Cl2N2O2. The van der Waals surface area contributed by atoms with E-state index in [4.69, 9.17) is 33.7 Å². The molecule has 108 valence electrons. The Bertz CT molecular complexity index is 732. The number of hydrogen-bond donors (Lipinski definition) is 2. The first-order valence-corrected chi connectivity index (χ1v) is 7.13. The van der Waals surface area contributed by atoms with Crippen LogP contribution in [0.4, 0.5) is 11.4 Å². The average molecular weight is 323 g/mol. The topological polar surface area (TPSA) is 64.3 Å². The van der Waals surface area contributed by atoms with Crippen LogP contribution in [0.1, 0.15) is 12.0 Å². The Hall–Kier alpha value is -1.91. The van der Waals surface area contributed by atoms with Crippen molar-refractivity contribution < 1.29 is 9.53 Å². The van der Waals surface area contributed by atoms with E-state index in [9.17, 15) is 4.79 Å². The number of nitrogen functional groups attached to an aromatic ring is 1. The van der Waals surface area contributed by atoms with Gasteiger partial charge in [-0.05, 0) is 30.2 Å². The fourth-order valence-corrected chi connectivity index (χ4v) is 2.47. The highest BCUT2D eigenvalue weighted by Crippen LogP contribution is 2.36. The summed E-state index contributed by atoms with van der Waals surface area (Å²) in [4.78, 5) is 11.4. The molecule has 0 spiro atoms. The fourth-order valence-electron chi connectivity index (χ4n) is 2.18. The van der Waals surface area contributed by atoms with Gasteiger partial charge in [0, 0.05) is 24.2 Å². The van der Waals surface area contributed by atoms with Crippen LogP contribution in [0, 0.1) is 0 Å². The second kappa shape index (κ2) is 5.47. The van der Waals surface area contributed by atoms with Crippen molar-refractivity contribution in [1.29, 1.82) is 0 Å². The summed E-state index contributed by atoms with van der Waals surface area (Å²) in [6.45, 7) is 0. The summed E-state index contributed by atoms with van der Waals surface area (Å²) in [5.74, 6) is 0.986. The molecule has 1 aliphatic rings. The molecule has 3 N–H and O–H groups in total.